The summed E-state index contributed by atoms with van der Waals surface area (Å²) in [6, 6.07) is 41.0. The van der Waals surface area contributed by atoms with E-state index in [1.807, 2.05) is 50.6 Å². The summed E-state index contributed by atoms with van der Waals surface area (Å²) in [6.45, 7) is 21.1. The van der Waals surface area contributed by atoms with Gasteiger partial charge in [0, 0.05) is 128 Å². The molecule has 1 unspecified atom stereocenters. The van der Waals surface area contributed by atoms with Gasteiger partial charge in [-0.15, -0.1) is 13.2 Å². The monoisotopic (exact) mass is 1760 g/mol. The maximum Gasteiger partial charge on any atom is 0.573 e. The summed E-state index contributed by atoms with van der Waals surface area (Å²) in [5.41, 5.74) is 20.3. The molecule has 0 aliphatic carbocycles. The van der Waals surface area contributed by atoms with E-state index >= 15 is 0 Å². The summed E-state index contributed by atoms with van der Waals surface area (Å²) in [5, 5.41) is 0. The molecule has 684 valence electrons. The van der Waals surface area contributed by atoms with Gasteiger partial charge in [0.15, 0.2) is 5.75 Å². The minimum atomic E-state index is -4.76. The number of halogens is 4. The number of hydrogen-bond donors (Lipinski definition) is 4. The van der Waals surface area contributed by atoms with Crippen LogP contribution in [0.15, 0.2) is 140 Å². The third kappa shape index (κ3) is 19.2. The molecular formula is C100H130F4N24O. The van der Waals surface area contributed by atoms with Crippen LogP contribution in [-0.2, 0) is 0 Å². The number of aromatic nitrogens is 12. The van der Waals surface area contributed by atoms with Gasteiger partial charge in [0.05, 0.1) is 116 Å². The largest absolute Gasteiger partial charge is 0.573 e. The normalized spacial score (nSPS) is 24.2. The Hall–Kier alpha value is -10.2. The number of pyridine rings is 4. The van der Waals surface area contributed by atoms with Crippen LogP contribution in [-0.4, -0.2) is 265 Å². The van der Waals surface area contributed by atoms with Crippen molar-refractivity contribution in [2.24, 2.45) is 0 Å². The number of fused-ring (bicyclic) bond motifs is 5. The number of benzene rings is 4. The zero-order valence-electron chi connectivity index (χ0n) is 77.1. The molecule has 4 aromatic carbocycles. The maximum atomic E-state index is 14.2. The quantitative estimate of drug-likeness (QED) is 0.0745. The number of anilines is 4. The van der Waals surface area contributed by atoms with Gasteiger partial charge >= 0.3 is 6.36 Å². The first-order valence-corrected chi connectivity index (χ1v) is 47.3. The summed E-state index contributed by atoms with van der Waals surface area (Å²) in [6.07, 6.45) is 19.7. The second-order valence-corrected chi connectivity index (χ2v) is 37.9. The Morgan fingerprint density at radius 2 is 0.713 bits per heavy atom. The number of nitrogens with one attached hydrogen (secondary N) is 4. The molecule has 9 aliphatic rings. The molecule has 4 N–H and O–H groups in total. The number of alkyl halides is 3. The van der Waals surface area contributed by atoms with Crippen molar-refractivity contribution in [1.29, 1.82) is 0 Å². The van der Waals surface area contributed by atoms with E-state index in [1.54, 1.807) is 6.20 Å². The standard InChI is InChI=1S/C26H34N6.C26H36N6.C24H29F3N6O.C24H31FN6/c1-18-7-5-13-27-24(18)21-10-4-12-23(30(21)2)26-28-20-9-3-11-22(25(20)29-26)32-16-15-31-14-6-8-19(31)17-32;1-18-8-7-15-27-24(18)21-10-6-12-23(31(21)4)26-28-20-9-5-11-22(25(20)29-26)32-16-13-19(14-17-32)30(2)3;1-31-12-14-33(15-13-31)18-8-3-6-16-21(18)30-23(29-16)19-9-4-7-17(32(19)2)22-20(10-5-11-28-22)34-24(25,26)27;1-16-17(25)10-11-26-22(16)19-7-5-9-21(30(19)3)24-27-18-6-4-8-20(23(18)28-24)31-14-12-29(2)13-15-31/h3,5,7,9,11,13,19,21,23H,4,6,8,10,12,14-17H2,1-2H3,(H,28,29);5,7-9,11,15,19,21,23H,6,10,12-14,16-17H2,1-4H3,(H,28,29);3,5-6,8,10-11,17,19H,4,7,9,12-15H2,1-2H3,(H,29,30);4,6,8,10-11,19,21H,5,7,9,12-15H2,1-3H3,(H,27,28)/t19?,21-,23+;21-,23+;17-,19+;19-,21+/m0000/s1. The van der Waals surface area contributed by atoms with Crippen molar-refractivity contribution in [2.45, 2.75) is 190 Å². The van der Waals surface area contributed by atoms with Crippen molar-refractivity contribution in [2.75, 3.05) is 168 Å². The van der Waals surface area contributed by atoms with Gasteiger partial charge in [-0.2, -0.15) is 0 Å². The third-order valence-corrected chi connectivity index (χ3v) is 29.8. The molecule has 9 fully saturated rings. The zero-order chi connectivity index (χ0) is 89.3. The Morgan fingerprint density at radius 3 is 1.12 bits per heavy atom. The number of imidazole rings is 4. The highest BCUT2D eigenvalue weighted by Crippen LogP contribution is 2.48. The van der Waals surface area contributed by atoms with E-state index in [-0.39, 0.29) is 41.8 Å². The lowest BCUT2D eigenvalue weighted by Gasteiger charge is -2.39. The molecule has 129 heavy (non-hydrogen) atoms. The number of hydrogen-bond acceptors (Lipinski definition) is 21. The molecule has 9 saturated heterocycles. The van der Waals surface area contributed by atoms with E-state index in [0.717, 1.165) is 215 Å². The Labute approximate surface area is 756 Å². The second-order valence-electron chi connectivity index (χ2n) is 37.9. The maximum absolute atomic E-state index is 14.2. The number of rotatable bonds is 14. The summed E-state index contributed by atoms with van der Waals surface area (Å²) < 4.78 is 57.4. The summed E-state index contributed by atoms with van der Waals surface area (Å²) in [4.78, 5) is 82.3. The minimum absolute atomic E-state index is 0.0627. The number of likely N-dealkylation sites (N-methyl/N-ethyl adjacent to an activating group) is 2. The highest BCUT2D eigenvalue weighted by molar-refractivity contribution is 5.92. The first kappa shape index (κ1) is 89.4. The fourth-order valence-electron chi connectivity index (χ4n) is 22.3. The van der Waals surface area contributed by atoms with E-state index < -0.39 is 6.36 Å². The van der Waals surface area contributed by atoms with E-state index in [2.05, 4.69) is 229 Å². The summed E-state index contributed by atoms with van der Waals surface area (Å²) in [7, 11) is 17.2. The molecular weight excluding hydrogens is 1630 g/mol. The lowest BCUT2D eigenvalue weighted by molar-refractivity contribution is -0.275. The van der Waals surface area contributed by atoms with E-state index in [9.17, 15) is 17.6 Å². The van der Waals surface area contributed by atoms with Crippen molar-refractivity contribution in [3.8, 4) is 5.75 Å². The highest BCUT2D eigenvalue weighted by Gasteiger charge is 2.42. The zero-order valence-corrected chi connectivity index (χ0v) is 77.1. The molecule has 12 aromatic rings. The number of ether oxygens (including phenoxy) is 1. The molecule has 8 aromatic heterocycles. The van der Waals surface area contributed by atoms with Crippen molar-refractivity contribution < 1.29 is 22.3 Å². The number of piperidine rings is 5. The van der Waals surface area contributed by atoms with Gasteiger partial charge in [-0.1, -0.05) is 36.4 Å². The second kappa shape index (κ2) is 39.1. The highest BCUT2D eigenvalue weighted by atomic mass is 19.4. The predicted molar refractivity (Wildman–Crippen MR) is 506 cm³/mol. The molecule has 0 bridgehead atoms. The van der Waals surface area contributed by atoms with Gasteiger partial charge in [0.25, 0.3) is 0 Å². The number of H-pyrrole nitrogens is 4. The average Bonchev–Trinajstić information content (AvgIpc) is 1.66. The van der Waals surface area contributed by atoms with Crippen molar-refractivity contribution >= 4 is 66.9 Å². The van der Waals surface area contributed by atoms with Gasteiger partial charge in [-0.3, -0.25) is 44.4 Å². The molecule has 0 saturated carbocycles. The van der Waals surface area contributed by atoms with Crippen LogP contribution in [0.3, 0.4) is 0 Å². The van der Waals surface area contributed by atoms with Crippen LogP contribution in [0.5, 0.6) is 5.75 Å². The molecule has 0 spiro atoms. The molecule has 17 heterocycles. The number of para-hydroxylation sites is 4. The molecule has 0 radical (unpaired) electrons. The number of nitrogens with zero attached hydrogens (tertiary/aromatic N) is 20. The number of likely N-dealkylation sites (tertiary alicyclic amines) is 4. The van der Waals surface area contributed by atoms with Gasteiger partial charge < -0.3 is 59.0 Å². The van der Waals surface area contributed by atoms with Crippen LogP contribution < -0.4 is 24.3 Å². The van der Waals surface area contributed by atoms with Crippen LogP contribution in [0.4, 0.5) is 40.3 Å². The van der Waals surface area contributed by atoms with Gasteiger partial charge in [0.2, 0.25) is 0 Å². The number of aromatic amines is 4. The lowest BCUT2D eigenvalue weighted by atomic mass is 9.92. The van der Waals surface area contributed by atoms with Crippen molar-refractivity contribution in [3.05, 3.63) is 209 Å². The van der Waals surface area contributed by atoms with Crippen LogP contribution in [0.25, 0.3) is 44.1 Å². The minimum Gasteiger partial charge on any atom is -0.404 e. The van der Waals surface area contributed by atoms with Crippen molar-refractivity contribution in [1.82, 2.24) is 99.0 Å². The van der Waals surface area contributed by atoms with Crippen molar-refractivity contribution in [3.63, 3.8) is 0 Å². The summed E-state index contributed by atoms with van der Waals surface area (Å²) >= 11 is 0. The van der Waals surface area contributed by atoms with Gasteiger partial charge in [-0.25, -0.2) is 24.3 Å². The Bertz CT molecular complexity index is 5780. The average molecular weight is 1760 g/mol. The number of piperazine rings is 3. The topological polar surface area (TPSA) is 214 Å². The fourth-order valence-corrected chi connectivity index (χ4v) is 22.3. The predicted octanol–water partition coefficient (Wildman–Crippen LogP) is 17.7. The Balaban J connectivity index is 0.000000116. The van der Waals surface area contributed by atoms with Crippen LogP contribution in [0.1, 0.15) is 214 Å². The lowest BCUT2D eigenvalue weighted by Crippen LogP contribution is -2.50. The van der Waals surface area contributed by atoms with Crippen LogP contribution in [0, 0.1) is 26.6 Å². The van der Waals surface area contributed by atoms with Crippen LogP contribution in [0.2, 0.25) is 0 Å². The fraction of sp³-hybridized carbons (Fsp3) is 0.520. The van der Waals surface area contributed by atoms with Gasteiger partial charge in [-0.05, 0) is 276 Å². The first-order chi connectivity index (χ1) is 62.5. The SMILES string of the molecule is CN1CCN(c2cccc3[nH]c([C@H]4CCC[C@@H](c5ncccc5OC(F)(F)F)N4C)nc23)CC1.Cc1c(F)ccnc1[C@@H]1CCC[C@H](c2nc3c(N4CCN(C)CC4)cccc3[nH]2)N1C.Cc1cccnc1[C@@H]1CCC[C@H](c2nc3c(N4CCC(N(C)C)CC4)cccc3[nH]2)N1C.Cc1cccnc1[C@@H]1CCC[C@H](c2nc3c(N4CCN5CCCC5C4)cccc3[nH]2)N1C. The number of aryl methyl sites for hydroxylation is 2. The first-order valence-electron chi connectivity index (χ1n) is 47.3. The molecule has 9 aliphatic heterocycles. The van der Waals surface area contributed by atoms with E-state index in [4.69, 9.17) is 29.9 Å². The Morgan fingerprint density at radius 1 is 0.357 bits per heavy atom. The molecule has 29 heteroatoms. The molecule has 21 rings (SSSR count). The van der Waals surface area contributed by atoms with Gasteiger partial charge in [0.1, 0.15) is 51.2 Å². The third-order valence-electron chi connectivity index (χ3n) is 29.8. The Kier molecular flexibility index (Phi) is 27.0. The summed E-state index contributed by atoms with van der Waals surface area (Å²) in [5.74, 6) is 3.61. The van der Waals surface area contributed by atoms with E-state index in [1.165, 1.54) is 116 Å². The van der Waals surface area contributed by atoms with E-state index in [0.29, 0.717) is 47.9 Å². The van der Waals surface area contributed by atoms with Crippen LogP contribution >= 0.6 is 0 Å². The molecule has 0 amide bonds. The molecule has 9 atom stereocenters. The molecule has 25 nitrogen and oxygen atoms in total. The smallest absolute Gasteiger partial charge is 0.404 e.